The Morgan fingerprint density at radius 1 is 1.33 bits per heavy atom. The summed E-state index contributed by atoms with van der Waals surface area (Å²) < 4.78 is 0.676. The van der Waals surface area contributed by atoms with Crippen molar-refractivity contribution in [3.8, 4) is 0 Å². The molecule has 1 aromatic carbocycles. The Morgan fingerprint density at radius 2 is 1.93 bits per heavy atom. The van der Waals surface area contributed by atoms with Gasteiger partial charge in [-0.15, -0.1) is 0 Å². The van der Waals surface area contributed by atoms with Gasteiger partial charge in [0.15, 0.2) is 0 Å². The number of rotatable bonds is 2. The van der Waals surface area contributed by atoms with E-state index in [2.05, 4.69) is 21.2 Å². The van der Waals surface area contributed by atoms with Gasteiger partial charge in [-0.1, -0.05) is 23.2 Å². The number of carbonyl (C=O) groups is 1. The van der Waals surface area contributed by atoms with Crippen LogP contribution in [0.5, 0.6) is 0 Å². The predicted octanol–water partition coefficient (Wildman–Crippen LogP) is 3.89. The zero-order chi connectivity index (χ0) is 11.6. The molecule has 0 saturated carbocycles. The van der Waals surface area contributed by atoms with Crippen molar-refractivity contribution in [2.45, 2.75) is 19.9 Å². The lowest BCUT2D eigenvalue weighted by molar-refractivity contribution is 0.0943. The molecule has 1 aromatic rings. The van der Waals surface area contributed by atoms with Crippen molar-refractivity contribution in [3.63, 3.8) is 0 Å². The van der Waals surface area contributed by atoms with Gasteiger partial charge in [-0.05, 0) is 41.9 Å². The lowest BCUT2D eigenvalue weighted by Gasteiger charge is -2.10. The first-order chi connectivity index (χ1) is 6.91. The van der Waals surface area contributed by atoms with Crippen LogP contribution in [0, 0.1) is 0 Å². The highest BCUT2D eigenvalue weighted by Crippen LogP contribution is 2.29. The summed E-state index contributed by atoms with van der Waals surface area (Å²) >= 11 is 15.0. The van der Waals surface area contributed by atoms with Gasteiger partial charge in [0.25, 0.3) is 5.91 Å². The molecule has 82 valence electrons. The average Bonchev–Trinajstić information content (AvgIpc) is 2.09. The Balaban J connectivity index is 3.04. The standard InChI is InChI=1S/C10H10BrCl2NO/c1-5(2)14-10(15)6-3-9(13)7(11)4-8(6)12/h3-5H,1-2H3,(H,14,15). The summed E-state index contributed by atoms with van der Waals surface area (Å²) in [5.74, 6) is -0.218. The molecule has 1 rings (SSSR count). The van der Waals surface area contributed by atoms with Crippen LogP contribution in [-0.4, -0.2) is 11.9 Å². The zero-order valence-electron chi connectivity index (χ0n) is 8.27. The van der Waals surface area contributed by atoms with Gasteiger partial charge in [0, 0.05) is 10.5 Å². The fraction of sp³-hybridized carbons (Fsp3) is 0.300. The third-order valence-corrected chi connectivity index (χ3v) is 3.18. The molecule has 0 heterocycles. The molecule has 1 N–H and O–H groups in total. The number of hydrogen-bond acceptors (Lipinski definition) is 1. The summed E-state index contributed by atoms with van der Waals surface area (Å²) in [6, 6.07) is 3.22. The summed E-state index contributed by atoms with van der Waals surface area (Å²) in [7, 11) is 0. The van der Waals surface area contributed by atoms with Gasteiger partial charge in [0.2, 0.25) is 0 Å². The number of benzene rings is 1. The van der Waals surface area contributed by atoms with Crippen molar-refractivity contribution in [1.82, 2.24) is 5.32 Å². The Kier molecular flexibility index (Phi) is 4.44. The summed E-state index contributed by atoms with van der Waals surface area (Å²) in [4.78, 5) is 11.7. The van der Waals surface area contributed by atoms with E-state index in [1.807, 2.05) is 13.8 Å². The van der Waals surface area contributed by atoms with Gasteiger partial charge in [-0.2, -0.15) is 0 Å². The second kappa shape index (κ2) is 5.19. The van der Waals surface area contributed by atoms with Crippen LogP contribution in [0.25, 0.3) is 0 Å². The van der Waals surface area contributed by atoms with Crippen LogP contribution in [0.1, 0.15) is 24.2 Å². The maximum atomic E-state index is 11.7. The lowest BCUT2D eigenvalue weighted by atomic mass is 10.2. The van der Waals surface area contributed by atoms with Gasteiger partial charge in [0.05, 0.1) is 15.6 Å². The van der Waals surface area contributed by atoms with Crippen molar-refractivity contribution in [2.24, 2.45) is 0 Å². The van der Waals surface area contributed by atoms with E-state index in [9.17, 15) is 4.79 Å². The van der Waals surface area contributed by atoms with Crippen LogP contribution in [0.2, 0.25) is 10.0 Å². The molecule has 0 atom stereocenters. The van der Waals surface area contributed by atoms with Crippen LogP contribution in [0.3, 0.4) is 0 Å². The van der Waals surface area contributed by atoms with Crippen LogP contribution in [0.15, 0.2) is 16.6 Å². The Hall–Kier alpha value is -0.250. The van der Waals surface area contributed by atoms with Crippen LogP contribution < -0.4 is 5.32 Å². The lowest BCUT2D eigenvalue weighted by Crippen LogP contribution is -2.30. The topological polar surface area (TPSA) is 29.1 Å². The van der Waals surface area contributed by atoms with Crippen molar-refractivity contribution in [2.75, 3.05) is 0 Å². The molecule has 15 heavy (non-hydrogen) atoms. The summed E-state index contributed by atoms with van der Waals surface area (Å²) in [5, 5.41) is 3.59. The fourth-order valence-electron chi connectivity index (χ4n) is 1.04. The van der Waals surface area contributed by atoms with Gasteiger partial charge in [-0.3, -0.25) is 4.79 Å². The molecule has 0 fully saturated rings. The molecule has 0 saturated heterocycles. The van der Waals surface area contributed by atoms with E-state index in [1.165, 1.54) is 0 Å². The number of hydrogen-bond donors (Lipinski definition) is 1. The van der Waals surface area contributed by atoms with Crippen molar-refractivity contribution >= 4 is 45.0 Å². The van der Waals surface area contributed by atoms with Crippen molar-refractivity contribution < 1.29 is 4.79 Å². The molecule has 0 aromatic heterocycles. The molecule has 1 amide bonds. The summed E-state index contributed by atoms with van der Waals surface area (Å²) in [6.07, 6.45) is 0. The highest BCUT2D eigenvalue weighted by atomic mass is 79.9. The van der Waals surface area contributed by atoms with Crippen LogP contribution in [0.4, 0.5) is 0 Å². The van der Waals surface area contributed by atoms with E-state index in [0.29, 0.717) is 20.1 Å². The van der Waals surface area contributed by atoms with E-state index in [-0.39, 0.29) is 11.9 Å². The molecule has 0 radical (unpaired) electrons. The molecular weight excluding hydrogens is 301 g/mol. The number of nitrogens with one attached hydrogen (secondary N) is 1. The largest absolute Gasteiger partial charge is 0.350 e. The molecule has 0 aliphatic heterocycles. The molecule has 0 aliphatic carbocycles. The first-order valence-corrected chi connectivity index (χ1v) is 5.92. The van der Waals surface area contributed by atoms with E-state index in [4.69, 9.17) is 23.2 Å². The summed E-state index contributed by atoms with van der Waals surface area (Å²) in [5.41, 5.74) is 0.388. The molecule has 0 spiro atoms. The second-order valence-corrected chi connectivity index (χ2v) is 5.04. The Bertz CT molecular complexity index is 393. The predicted molar refractivity (Wildman–Crippen MR) is 66.8 cm³/mol. The maximum Gasteiger partial charge on any atom is 0.253 e. The number of carbonyl (C=O) groups excluding carboxylic acids is 1. The van der Waals surface area contributed by atoms with Gasteiger partial charge in [-0.25, -0.2) is 0 Å². The first kappa shape index (κ1) is 12.8. The highest BCUT2D eigenvalue weighted by molar-refractivity contribution is 9.10. The molecule has 2 nitrogen and oxygen atoms in total. The SMILES string of the molecule is CC(C)NC(=O)c1cc(Cl)c(Br)cc1Cl. The molecule has 0 aliphatic rings. The van der Waals surface area contributed by atoms with Crippen molar-refractivity contribution in [1.29, 1.82) is 0 Å². The first-order valence-electron chi connectivity index (χ1n) is 4.37. The van der Waals surface area contributed by atoms with Crippen LogP contribution in [-0.2, 0) is 0 Å². The van der Waals surface area contributed by atoms with Crippen LogP contribution >= 0.6 is 39.1 Å². The van der Waals surface area contributed by atoms with E-state index in [1.54, 1.807) is 12.1 Å². The Morgan fingerprint density at radius 3 is 2.47 bits per heavy atom. The average molecular weight is 311 g/mol. The number of halogens is 3. The van der Waals surface area contributed by atoms with E-state index in [0.717, 1.165) is 0 Å². The smallest absolute Gasteiger partial charge is 0.253 e. The zero-order valence-corrected chi connectivity index (χ0v) is 11.4. The van der Waals surface area contributed by atoms with Gasteiger partial charge in [0.1, 0.15) is 0 Å². The minimum Gasteiger partial charge on any atom is -0.350 e. The molecular formula is C10H10BrCl2NO. The quantitative estimate of drug-likeness (QED) is 0.825. The monoisotopic (exact) mass is 309 g/mol. The highest BCUT2D eigenvalue weighted by Gasteiger charge is 2.13. The fourth-order valence-corrected chi connectivity index (χ4v) is 1.92. The maximum absolute atomic E-state index is 11.7. The van der Waals surface area contributed by atoms with E-state index >= 15 is 0 Å². The number of amides is 1. The minimum absolute atomic E-state index is 0.0657. The van der Waals surface area contributed by atoms with Gasteiger partial charge < -0.3 is 5.32 Å². The second-order valence-electron chi connectivity index (χ2n) is 3.37. The summed E-state index contributed by atoms with van der Waals surface area (Å²) in [6.45, 7) is 3.76. The van der Waals surface area contributed by atoms with Gasteiger partial charge >= 0.3 is 0 Å². The Labute approximate surface area is 107 Å². The van der Waals surface area contributed by atoms with E-state index < -0.39 is 0 Å². The molecule has 0 unspecified atom stereocenters. The normalized spacial score (nSPS) is 10.5. The molecule has 0 bridgehead atoms. The third kappa shape index (κ3) is 3.37. The third-order valence-electron chi connectivity index (χ3n) is 1.67. The minimum atomic E-state index is -0.218. The van der Waals surface area contributed by atoms with Crippen molar-refractivity contribution in [3.05, 3.63) is 32.2 Å². The molecule has 5 heteroatoms.